The molecule has 0 unspecified atom stereocenters. The molecule has 1 aliphatic heterocycles. The summed E-state index contributed by atoms with van der Waals surface area (Å²) in [5.41, 5.74) is 4.46. The van der Waals surface area contributed by atoms with E-state index < -0.39 is 0 Å². The van der Waals surface area contributed by atoms with E-state index in [1.165, 1.54) is 49.2 Å². The molecule has 1 aliphatic carbocycles. The molecule has 0 amide bonds. The Balaban J connectivity index is 1.94. The van der Waals surface area contributed by atoms with Gasteiger partial charge < -0.3 is 4.90 Å². The van der Waals surface area contributed by atoms with Crippen LogP contribution in [-0.2, 0) is 0 Å². The second kappa shape index (κ2) is 3.97. The van der Waals surface area contributed by atoms with Gasteiger partial charge in [-0.25, -0.2) is 0 Å². The molecule has 1 atom stereocenters. The first kappa shape index (κ1) is 9.95. The number of piperidine rings is 1. The molecule has 1 aromatic carbocycles. The number of hydrogen-bond acceptors (Lipinski definition) is 1. The molecular formula is C15H19N. The summed E-state index contributed by atoms with van der Waals surface area (Å²) in [4.78, 5) is 2.58. The maximum atomic E-state index is 2.58. The van der Waals surface area contributed by atoms with Crippen molar-refractivity contribution in [2.45, 2.75) is 32.1 Å². The van der Waals surface area contributed by atoms with Crippen molar-refractivity contribution in [3.05, 3.63) is 41.5 Å². The molecule has 3 rings (SSSR count). The van der Waals surface area contributed by atoms with E-state index in [1.807, 2.05) is 0 Å². The molecule has 0 N–H and O–H groups in total. The number of benzene rings is 1. The fourth-order valence-corrected chi connectivity index (χ4v) is 2.95. The predicted octanol–water partition coefficient (Wildman–Crippen LogP) is 3.63. The van der Waals surface area contributed by atoms with Crippen LogP contribution in [0.2, 0.25) is 0 Å². The van der Waals surface area contributed by atoms with Crippen LogP contribution in [0.25, 0.3) is 5.70 Å². The molecule has 0 saturated carbocycles. The summed E-state index contributed by atoms with van der Waals surface area (Å²) in [6, 6.07) is 8.86. The molecule has 0 bridgehead atoms. The summed E-state index contributed by atoms with van der Waals surface area (Å²) >= 11 is 0. The quantitative estimate of drug-likeness (QED) is 0.688. The van der Waals surface area contributed by atoms with Gasteiger partial charge in [0.2, 0.25) is 0 Å². The van der Waals surface area contributed by atoms with E-state index >= 15 is 0 Å². The number of rotatable bonds is 1. The molecule has 1 heteroatoms. The third kappa shape index (κ3) is 1.55. The predicted molar refractivity (Wildman–Crippen MR) is 68.3 cm³/mol. The SMILES string of the molecule is C[C@@H]1C=C(N2CCCCC2)c2ccccc21. The Labute approximate surface area is 97.8 Å². The van der Waals surface area contributed by atoms with E-state index in [2.05, 4.69) is 42.2 Å². The molecule has 0 spiro atoms. The highest BCUT2D eigenvalue weighted by atomic mass is 15.1. The van der Waals surface area contributed by atoms with Crippen LogP contribution >= 0.6 is 0 Å². The molecule has 1 heterocycles. The Hall–Kier alpha value is -1.24. The minimum Gasteiger partial charge on any atom is -0.371 e. The highest BCUT2D eigenvalue weighted by molar-refractivity contribution is 5.73. The largest absolute Gasteiger partial charge is 0.371 e. The summed E-state index contributed by atoms with van der Waals surface area (Å²) in [6.45, 7) is 4.79. The molecular weight excluding hydrogens is 194 g/mol. The Morgan fingerprint density at radius 3 is 2.62 bits per heavy atom. The van der Waals surface area contributed by atoms with Crippen molar-refractivity contribution in [3.8, 4) is 0 Å². The van der Waals surface area contributed by atoms with Gasteiger partial charge in [-0.05, 0) is 24.8 Å². The highest BCUT2D eigenvalue weighted by Gasteiger charge is 2.24. The maximum Gasteiger partial charge on any atom is 0.0408 e. The minimum atomic E-state index is 0.591. The zero-order chi connectivity index (χ0) is 11.0. The Bertz CT molecular complexity index is 413. The van der Waals surface area contributed by atoms with E-state index in [0.29, 0.717) is 5.92 Å². The molecule has 84 valence electrons. The molecule has 1 fully saturated rings. The summed E-state index contributed by atoms with van der Waals surface area (Å²) in [6.07, 6.45) is 6.55. The van der Waals surface area contributed by atoms with Gasteiger partial charge in [0.05, 0.1) is 0 Å². The lowest BCUT2D eigenvalue weighted by Gasteiger charge is -2.30. The summed E-state index contributed by atoms with van der Waals surface area (Å²) in [5.74, 6) is 0.591. The molecule has 16 heavy (non-hydrogen) atoms. The van der Waals surface area contributed by atoms with E-state index in [4.69, 9.17) is 0 Å². The third-order valence-corrected chi connectivity index (χ3v) is 3.83. The number of hydrogen-bond donors (Lipinski definition) is 0. The van der Waals surface area contributed by atoms with Gasteiger partial charge in [0.25, 0.3) is 0 Å². The number of likely N-dealkylation sites (tertiary alicyclic amines) is 1. The van der Waals surface area contributed by atoms with Gasteiger partial charge >= 0.3 is 0 Å². The lowest BCUT2D eigenvalue weighted by atomic mass is 10.0. The first-order valence-electron chi connectivity index (χ1n) is 6.42. The van der Waals surface area contributed by atoms with Crippen LogP contribution in [0, 0.1) is 0 Å². The van der Waals surface area contributed by atoms with E-state index in [9.17, 15) is 0 Å². The molecule has 1 saturated heterocycles. The van der Waals surface area contributed by atoms with Crippen LogP contribution in [0.5, 0.6) is 0 Å². The van der Waals surface area contributed by atoms with Crippen molar-refractivity contribution in [2.75, 3.05) is 13.1 Å². The Kier molecular flexibility index (Phi) is 2.47. The van der Waals surface area contributed by atoms with E-state index in [1.54, 1.807) is 0 Å². The zero-order valence-electron chi connectivity index (χ0n) is 9.95. The minimum absolute atomic E-state index is 0.591. The number of allylic oxidation sites excluding steroid dienone is 1. The third-order valence-electron chi connectivity index (χ3n) is 3.83. The van der Waals surface area contributed by atoms with Gasteiger partial charge in [-0.1, -0.05) is 37.3 Å². The first-order valence-corrected chi connectivity index (χ1v) is 6.42. The van der Waals surface area contributed by atoms with Crippen LogP contribution in [0.15, 0.2) is 30.3 Å². The summed E-state index contributed by atoms with van der Waals surface area (Å²) in [7, 11) is 0. The topological polar surface area (TPSA) is 3.24 Å². The maximum absolute atomic E-state index is 2.58. The van der Waals surface area contributed by atoms with E-state index in [-0.39, 0.29) is 0 Å². The van der Waals surface area contributed by atoms with Crippen LogP contribution in [0.1, 0.15) is 43.2 Å². The van der Waals surface area contributed by atoms with Crippen molar-refractivity contribution >= 4 is 5.70 Å². The summed E-state index contributed by atoms with van der Waals surface area (Å²) in [5, 5.41) is 0. The van der Waals surface area contributed by atoms with Crippen molar-refractivity contribution in [1.82, 2.24) is 4.90 Å². The van der Waals surface area contributed by atoms with Gasteiger partial charge in [0.15, 0.2) is 0 Å². The average Bonchev–Trinajstić information content (AvgIpc) is 2.69. The second-order valence-corrected chi connectivity index (χ2v) is 4.98. The lowest BCUT2D eigenvalue weighted by molar-refractivity contribution is 0.326. The van der Waals surface area contributed by atoms with Crippen LogP contribution in [0.3, 0.4) is 0 Å². The zero-order valence-corrected chi connectivity index (χ0v) is 9.95. The van der Waals surface area contributed by atoms with Gasteiger partial charge in [-0.3, -0.25) is 0 Å². The molecule has 2 aliphatic rings. The van der Waals surface area contributed by atoms with Crippen LogP contribution < -0.4 is 0 Å². The van der Waals surface area contributed by atoms with Crippen molar-refractivity contribution in [3.63, 3.8) is 0 Å². The smallest absolute Gasteiger partial charge is 0.0408 e. The normalized spacial score (nSPS) is 24.2. The van der Waals surface area contributed by atoms with Crippen LogP contribution in [0.4, 0.5) is 0 Å². The fraction of sp³-hybridized carbons (Fsp3) is 0.467. The highest BCUT2D eigenvalue weighted by Crippen LogP contribution is 2.38. The van der Waals surface area contributed by atoms with Gasteiger partial charge in [0.1, 0.15) is 0 Å². The molecule has 0 radical (unpaired) electrons. The van der Waals surface area contributed by atoms with Crippen LogP contribution in [-0.4, -0.2) is 18.0 Å². The average molecular weight is 213 g/mol. The summed E-state index contributed by atoms with van der Waals surface area (Å²) < 4.78 is 0. The standard InChI is InChI=1S/C15H19N/c1-12-11-15(16-9-5-2-6-10-16)14-8-4-3-7-13(12)14/h3-4,7-8,11-12H,2,5-6,9-10H2,1H3/t12-/m1/s1. The monoisotopic (exact) mass is 213 g/mol. The second-order valence-electron chi connectivity index (χ2n) is 4.98. The fourth-order valence-electron chi connectivity index (χ4n) is 2.95. The van der Waals surface area contributed by atoms with Crippen molar-refractivity contribution in [2.24, 2.45) is 0 Å². The van der Waals surface area contributed by atoms with Gasteiger partial charge in [-0.15, -0.1) is 0 Å². The molecule has 1 nitrogen and oxygen atoms in total. The Morgan fingerprint density at radius 1 is 1.06 bits per heavy atom. The van der Waals surface area contributed by atoms with Crippen molar-refractivity contribution < 1.29 is 0 Å². The molecule has 0 aromatic heterocycles. The first-order chi connectivity index (χ1) is 7.86. The number of fused-ring (bicyclic) bond motifs is 1. The van der Waals surface area contributed by atoms with Gasteiger partial charge in [0, 0.05) is 30.3 Å². The van der Waals surface area contributed by atoms with E-state index in [0.717, 1.165) is 0 Å². The lowest BCUT2D eigenvalue weighted by Crippen LogP contribution is -2.27. The molecule has 1 aromatic rings. The Morgan fingerprint density at radius 2 is 1.81 bits per heavy atom. The van der Waals surface area contributed by atoms with Gasteiger partial charge in [-0.2, -0.15) is 0 Å². The number of nitrogens with zero attached hydrogens (tertiary/aromatic N) is 1. The van der Waals surface area contributed by atoms with Crippen molar-refractivity contribution in [1.29, 1.82) is 0 Å².